The second-order valence-corrected chi connectivity index (χ2v) is 6.28. The Hall–Kier alpha value is 0.0400. The first kappa shape index (κ1) is 12.5. The smallest absolute Gasteiger partial charge is 0.256 e. The molecule has 1 aromatic heterocycles. The van der Waals surface area contributed by atoms with Crippen LogP contribution < -0.4 is 0 Å². The molecule has 1 saturated heterocycles. The number of alkyl halides is 1. The van der Waals surface area contributed by atoms with Crippen molar-refractivity contribution in [3.8, 4) is 0 Å². The molecule has 1 amide bonds. The molecule has 1 unspecified atom stereocenters. The summed E-state index contributed by atoms with van der Waals surface area (Å²) in [4.78, 5) is 14.0. The number of nitrogens with zero attached hydrogens (tertiary/aromatic N) is 1. The molecule has 0 N–H and O–H groups in total. The van der Waals surface area contributed by atoms with E-state index in [-0.39, 0.29) is 11.9 Å². The highest BCUT2D eigenvalue weighted by molar-refractivity contribution is 7.20. The van der Waals surface area contributed by atoms with Gasteiger partial charge in [-0.25, -0.2) is 0 Å². The summed E-state index contributed by atoms with van der Waals surface area (Å²) < 4.78 is 0.991. The Morgan fingerprint density at radius 2 is 2.31 bits per heavy atom. The largest absolute Gasteiger partial charge is 0.334 e. The Morgan fingerprint density at radius 1 is 1.56 bits per heavy atom. The molecule has 0 bridgehead atoms. The van der Waals surface area contributed by atoms with Crippen LogP contribution in [0, 0.1) is 0 Å². The normalized spacial score (nSPS) is 20.4. The molecule has 0 saturated carbocycles. The van der Waals surface area contributed by atoms with Crippen molar-refractivity contribution < 1.29 is 4.79 Å². The molecule has 16 heavy (non-hydrogen) atoms. The standard InChI is InChI=1S/C10H10Cl3NOS/c11-5-6-2-1-3-14(6)10(15)7-4-8(12)16-9(7)13/h4,6H,1-3,5H2. The van der Waals surface area contributed by atoms with Crippen LogP contribution in [0.3, 0.4) is 0 Å². The minimum Gasteiger partial charge on any atom is -0.334 e. The van der Waals surface area contributed by atoms with Gasteiger partial charge in [-0.3, -0.25) is 4.79 Å². The van der Waals surface area contributed by atoms with Crippen molar-refractivity contribution in [3.63, 3.8) is 0 Å². The number of carbonyl (C=O) groups is 1. The fraction of sp³-hybridized carbons (Fsp3) is 0.500. The van der Waals surface area contributed by atoms with Gasteiger partial charge in [-0.2, -0.15) is 0 Å². The van der Waals surface area contributed by atoms with Gasteiger partial charge < -0.3 is 4.90 Å². The van der Waals surface area contributed by atoms with E-state index in [1.54, 1.807) is 11.0 Å². The van der Waals surface area contributed by atoms with Crippen LogP contribution in [0.1, 0.15) is 23.2 Å². The summed E-state index contributed by atoms with van der Waals surface area (Å²) in [6, 6.07) is 1.75. The summed E-state index contributed by atoms with van der Waals surface area (Å²) in [7, 11) is 0. The summed E-state index contributed by atoms with van der Waals surface area (Å²) in [6.45, 7) is 0.750. The van der Waals surface area contributed by atoms with Crippen LogP contribution in [0.5, 0.6) is 0 Å². The zero-order valence-electron chi connectivity index (χ0n) is 8.38. The summed E-state index contributed by atoms with van der Waals surface area (Å²) >= 11 is 18.8. The predicted molar refractivity (Wildman–Crippen MR) is 69.1 cm³/mol. The third kappa shape index (κ3) is 2.33. The topological polar surface area (TPSA) is 20.3 Å². The summed E-state index contributed by atoms with van der Waals surface area (Å²) in [5, 5.41) is 0. The van der Waals surface area contributed by atoms with Crippen molar-refractivity contribution >= 4 is 52.0 Å². The molecule has 2 nitrogen and oxygen atoms in total. The first-order chi connectivity index (χ1) is 7.63. The Bertz CT molecular complexity index is 407. The van der Waals surface area contributed by atoms with Crippen molar-refractivity contribution in [2.24, 2.45) is 0 Å². The monoisotopic (exact) mass is 297 g/mol. The fourth-order valence-electron chi connectivity index (χ4n) is 1.90. The Balaban J connectivity index is 2.21. The lowest BCUT2D eigenvalue weighted by atomic mass is 10.2. The van der Waals surface area contributed by atoms with Gasteiger partial charge in [-0.1, -0.05) is 23.2 Å². The highest BCUT2D eigenvalue weighted by atomic mass is 35.5. The van der Waals surface area contributed by atoms with E-state index >= 15 is 0 Å². The lowest BCUT2D eigenvalue weighted by molar-refractivity contribution is 0.0750. The molecule has 0 spiro atoms. The van der Waals surface area contributed by atoms with E-state index in [2.05, 4.69) is 0 Å². The van der Waals surface area contributed by atoms with Gasteiger partial charge in [0.25, 0.3) is 5.91 Å². The number of amides is 1. The fourth-order valence-corrected chi connectivity index (χ4v) is 3.67. The second-order valence-electron chi connectivity index (χ2n) is 3.69. The maximum Gasteiger partial charge on any atom is 0.256 e. The van der Waals surface area contributed by atoms with Crippen LogP contribution in [0.4, 0.5) is 0 Å². The highest BCUT2D eigenvalue weighted by Gasteiger charge is 2.30. The van der Waals surface area contributed by atoms with Gasteiger partial charge >= 0.3 is 0 Å². The molecule has 2 heterocycles. The number of halogens is 3. The molecular formula is C10H10Cl3NOS. The lowest BCUT2D eigenvalue weighted by Gasteiger charge is -2.22. The van der Waals surface area contributed by atoms with Crippen LogP contribution in [0.15, 0.2) is 6.07 Å². The maximum absolute atomic E-state index is 12.2. The number of carbonyl (C=O) groups excluding carboxylic acids is 1. The van der Waals surface area contributed by atoms with E-state index in [1.165, 1.54) is 11.3 Å². The zero-order chi connectivity index (χ0) is 11.7. The van der Waals surface area contributed by atoms with Gasteiger partial charge in [0, 0.05) is 18.5 Å². The summed E-state index contributed by atoms with van der Waals surface area (Å²) in [6.07, 6.45) is 1.96. The van der Waals surface area contributed by atoms with E-state index in [0.29, 0.717) is 20.1 Å². The van der Waals surface area contributed by atoms with Crippen LogP contribution >= 0.6 is 46.1 Å². The van der Waals surface area contributed by atoms with Crippen molar-refractivity contribution in [3.05, 3.63) is 20.3 Å². The van der Waals surface area contributed by atoms with Crippen LogP contribution in [0.25, 0.3) is 0 Å². The maximum atomic E-state index is 12.2. The second kappa shape index (κ2) is 5.13. The quantitative estimate of drug-likeness (QED) is 0.758. The van der Waals surface area contributed by atoms with Crippen molar-refractivity contribution in [2.45, 2.75) is 18.9 Å². The van der Waals surface area contributed by atoms with Gasteiger partial charge in [-0.15, -0.1) is 22.9 Å². The number of thiophene rings is 1. The van der Waals surface area contributed by atoms with Gasteiger partial charge in [0.1, 0.15) is 4.34 Å². The first-order valence-electron chi connectivity index (χ1n) is 4.95. The third-order valence-corrected chi connectivity index (χ3v) is 4.55. The van der Waals surface area contributed by atoms with Crippen LogP contribution in [-0.4, -0.2) is 29.3 Å². The third-order valence-electron chi connectivity index (χ3n) is 2.70. The van der Waals surface area contributed by atoms with E-state index < -0.39 is 0 Å². The van der Waals surface area contributed by atoms with Crippen molar-refractivity contribution in [1.29, 1.82) is 0 Å². The number of rotatable bonds is 2. The van der Waals surface area contributed by atoms with Crippen LogP contribution in [0.2, 0.25) is 8.67 Å². The average Bonchev–Trinajstić information content (AvgIpc) is 2.83. The molecule has 1 aromatic rings. The SMILES string of the molecule is O=C(c1cc(Cl)sc1Cl)N1CCCC1CCl. The van der Waals surface area contributed by atoms with Gasteiger partial charge in [0.15, 0.2) is 0 Å². The Labute approximate surface area is 113 Å². The van der Waals surface area contributed by atoms with E-state index in [4.69, 9.17) is 34.8 Å². The molecular weight excluding hydrogens is 289 g/mol. The average molecular weight is 299 g/mol. The molecule has 1 aliphatic rings. The Kier molecular flexibility index (Phi) is 4.01. The molecule has 1 atom stereocenters. The van der Waals surface area contributed by atoms with Gasteiger partial charge in [-0.05, 0) is 18.9 Å². The van der Waals surface area contributed by atoms with Gasteiger partial charge in [0.2, 0.25) is 0 Å². The first-order valence-corrected chi connectivity index (χ1v) is 7.06. The number of hydrogen-bond acceptors (Lipinski definition) is 2. The molecule has 6 heteroatoms. The number of likely N-dealkylation sites (tertiary alicyclic amines) is 1. The number of hydrogen-bond donors (Lipinski definition) is 0. The lowest BCUT2D eigenvalue weighted by Crippen LogP contribution is -2.36. The molecule has 0 aliphatic carbocycles. The predicted octanol–water partition coefficient (Wildman–Crippen LogP) is 3.90. The molecule has 0 radical (unpaired) electrons. The van der Waals surface area contributed by atoms with Crippen LogP contribution in [-0.2, 0) is 0 Å². The minimum absolute atomic E-state index is 0.0590. The van der Waals surface area contributed by atoms with Crippen molar-refractivity contribution in [1.82, 2.24) is 4.90 Å². The highest BCUT2D eigenvalue weighted by Crippen LogP contribution is 2.33. The summed E-state index contributed by atoms with van der Waals surface area (Å²) in [5.41, 5.74) is 0.494. The molecule has 0 aromatic carbocycles. The zero-order valence-corrected chi connectivity index (χ0v) is 11.5. The van der Waals surface area contributed by atoms with E-state index in [9.17, 15) is 4.79 Å². The van der Waals surface area contributed by atoms with Crippen molar-refractivity contribution in [2.75, 3.05) is 12.4 Å². The summed E-state index contributed by atoms with van der Waals surface area (Å²) in [5.74, 6) is 0.414. The minimum atomic E-state index is -0.0590. The van der Waals surface area contributed by atoms with E-state index in [1.807, 2.05) is 0 Å². The van der Waals surface area contributed by atoms with E-state index in [0.717, 1.165) is 19.4 Å². The molecule has 88 valence electrons. The molecule has 2 rings (SSSR count). The molecule has 1 aliphatic heterocycles. The van der Waals surface area contributed by atoms with Gasteiger partial charge in [0.05, 0.1) is 9.90 Å². The molecule has 1 fully saturated rings. The Morgan fingerprint density at radius 3 is 2.88 bits per heavy atom.